The van der Waals surface area contributed by atoms with Crippen molar-refractivity contribution in [3.63, 3.8) is 0 Å². The fraction of sp³-hybridized carbons (Fsp3) is 0.214. The third-order valence-electron chi connectivity index (χ3n) is 3.21. The lowest BCUT2D eigenvalue weighted by molar-refractivity contribution is 0.602. The van der Waals surface area contributed by atoms with Gasteiger partial charge in [0.25, 0.3) is 0 Å². The average Bonchev–Trinajstić information content (AvgIpc) is 3.04. The van der Waals surface area contributed by atoms with Gasteiger partial charge in [0, 0.05) is 17.4 Å². The Labute approximate surface area is 110 Å². The van der Waals surface area contributed by atoms with Crippen LogP contribution in [0.2, 0.25) is 0 Å². The summed E-state index contributed by atoms with van der Waals surface area (Å²) in [7, 11) is 0. The summed E-state index contributed by atoms with van der Waals surface area (Å²) in [6, 6.07) is 10.3. The zero-order valence-corrected chi connectivity index (χ0v) is 11.0. The van der Waals surface area contributed by atoms with Crippen molar-refractivity contribution < 1.29 is 0 Å². The monoisotopic (exact) mass is 257 g/mol. The molecule has 0 spiro atoms. The van der Waals surface area contributed by atoms with Gasteiger partial charge in [-0.2, -0.15) is 5.10 Å². The molecule has 3 rings (SSSR count). The molecule has 18 heavy (non-hydrogen) atoms. The minimum atomic E-state index is -0.108. The van der Waals surface area contributed by atoms with Gasteiger partial charge < -0.3 is 5.73 Å². The molecule has 2 aromatic heterocycles. The molecule has 0 bridgehead atoms. The molecule has 0 aliphatic carbocycles. The van der Waals surface area contributed by atoms with Crippen LogP contribution in [0, 0.1) is 0 Å². The Kier molecular flexibility index (Phi) is 2.89. The lowest BCUT2D eigenvalue weighted by Gasteiger charge is -2.12. The lowest BCUT2D eigenvalue weighted by Crippen LogP contribution is -2.16. The fourth-order valence-electron chi connectivity index (χ4n) is 2.27. The summed E-state index contributed by atoms with van der Waals surface area (Å²) >= 11 is 1.74. The van der Waals surface area contributed by atoms with Crippen molar-refractivity contribution in [2.75, 3.05) is 0 Å². The highest BCUT2D eigenvalue weighted by atomic mass is 32.1. The van der Waals surface area contributed by atoms with Crippen LogP contribution in [-0.2, 0) is 6.54 Å². The highest BCUT2D eigenvalue weighted by molar-refractivity contribution is 7.17. The van der Waals surface area contributed by atoms with Crippen molar-refractivity contribution in [3.05, 3.63) is 53.2 Å². The van der Waals surface area contributed by atoms with Gasteiger partial charge in [-0.3, -0.25) is 4.68 Å². The summed E-state index contributed by atoms with van der Waals surface area (Å²) in [6.07, 6.45) is 1.81. The maximum Gasteiger partial charge on any atom is 0.0737 e. The van der Waals surface area contributed by atoms with Crippen LogP contribution in [0.25, 0.3) is 10.1 Å². The summed E-state index contributed by atoms with van der Waals surface area (Å²) in [6.45, 7) is 2.92. The smallest absolute Gasteiger partial charge is 0.0737 e. The molecule has 2 N–H and O–H groups in total. The third kappa shape index (κ3) is 1.74. The third-order valence-corrected chi connectivity index (χ3v) is 4.20. The number of aromatic nitrogens is 2. The topological polar surface area (TPSA) is 43.8 Å². The highest BCUT2D eigenvalue weighted by Crippen LogP contribution is 2.31. The zero-order valence-electron chi connectivity index (χ0n) is 10.2. The molecule has 0 aliphatic heterocycles. The SMILES string of the molecule is CCn1nccc1C(N)c1csc2ccccc12. The zero-order chi connectivity index (χ0) is 12.5. The molecule has 2 heterocycles. The van der Waals surface area contributed by atoms with E-state index in [-0.39, 0.29) is 6.04 Å². The first kappa shape index (κ1) is 11.4. The lowest BCUT2D eigenvalue weighted by atomic mass is 10.0. The van der Waals surface area contributed by atoms with Crippen LogP contribution in [0.15, 0.2) is 41.9 Å². The minimum absolute atomic E-state index is 0.108. The number of nitrogens with zero attached hydrogens (tertiary/aromatic N) is 2. The number of fused-ring (bicyclic) bond motifs is 1. The first-order valence-corrected chi connectivity index (χ1v) is 6.92. The number of rotatable bonds is 3. The fourth-order valence-corrected chi connectivity index (χ4v) is 3.27. The maximum absolute atomic E-state index is 6.39. The van der Waals surface area contributed by atoms with E-state index in [1.54, 1.807) is 11.3 Å². The summed E-state index contributed by atoms with van der Waals surface area (Å²) < 4.78 is 3.24. The first-order valence-electron chi connectivity index (χ1n) is 6.04. The Morgan fingerprint density at radius 3 is 3.00 bits per heavy atom. The molecular formula is C14H15N3S. The van der Waals surface area contributed by atoms with Gasteiger partial charge in [-0.05, 0) is 35.4 Å². The number of nitrogens with two attached hydrogens (primary N) is 1. The Morgan fingerprint density at radius 1 is 1.33 bits per heavy atom. The van der Waals surface area contributed by atoms with Crippen LogP contribution in [-0.4, -0.2) is 9.78 Å². The Balaban J connectivity index is 2.09. The number of benzene rings is 1. The normalized spacial score (nSPS) is 13.0. The summed E-state index contributed by atoms with van der Waals surface area (Å²) in [4.78, 5) is 0. The van der Waals surface area contributed by atoms with Gasteiger partial charge in [0.1, 0.15) is 0 Å². The molecule has 0 saturated carbocycles. The van der Waals surface area contributed by atoms with Gasteiger partial charge >= 0.3 is 0 Å². The van der Waals surface area contributed by atoms with Gasteiger partial charge in [-0.25, -0.2) is 0 Å². The van der Waals surface area contributed by atoms with E-state index in [0.717, 1.165) is 12.2 Å². The molecule has 1 atom stereocenters. The van der Waals surface area contributed by atoms with Crippen LogP contribution in [0.3, 0.4) is 0 Å². The van der Waals surface area contributed by atoms with Crippen LogP contribution >= 0.6 is 11.3 Å². The first-order chi connectivity index (χ1) is 8.81. The average molecular weight is 257 g/mol. The van der Waals surface area contributed by atoms with Crippen LogP contribution < -0.4 is 5.73 Å². The number of hydrogen-bond acceptors (Lipinski definition) is 3. The molecule has 0 amide bonds. The second kappa shape index (κ2) is 4.55. The second-order valence-electron chi connectivity index (χ2n) is 4.24. The molecule has 4 heteroatoms. The molecule has 1 aromatic carbocycles. The van der Waals surface area contributed by atoms with Crippen molar-refractivity contribution in [3.8, 4) is 0 Å². The van der Waals surface area contributed by atoms with E-state index in [2.05, 4.69) is 41.7 Å². The van der Waals surface area contributed by atoms with Crippen LogP contribution in [0.1, 0.15) is 24.2 Å². The van der Waals surface area contributed by atoms with Crippen molar-refractivity contribution >= 4 is 21.4 Å². The molecule has 92 valence electrons. The van der Waals surface area contributed by atoms with E-state index in [1.807, 2.05) is 16.9 Å². The summed E-state index contributed by atoms with van der Waals surface area (Å²) in [5.74, 6) is 0. The summed E-state index contributed by atoms with van der Waals surface area (Å²) in [5.41, 5.74) is 8.65. The van der Waals surface area contributed by atoms with E-state index in [1.165, 1.54) is 15.6 Å². The molecule has 1 unspecified atom stereocenters. The quantitative estimate of drug-likeness (QED) is 0.783. The van der Waals surface area contributed by atoms with Crippen molar-refractivity contribution in [2.24, 2.45) is 5.73 Å². The highest BCUT2D eigenvalue weighted by Gasteiger charge is 2.16. The van der Waals surface area contributed by atoms with Gasteiger partial charge in [0.2, 0.25) is 0 Å². The van der Waals surface area contributed by atoms with Crippen molar-refractivity contribution in [1.82, 2.24) is 9.78 Å². The maximum atomic E-state index is 6.39. The predicted molar refractivity (Wildman–Crippen MR) is 75.8 cm³/mol. The van der Waals surface area contributed by atoms with Crippen molar-refractivity contribution in [1.29, 1.82) is 0 Å². The van der Waals surface area contributed by atoms with Crippen LogP contribution in [0.5, 0.6) is 0 Å². The Morgan fingerprint density at radius 2 is 2.17 bits per heavy atom. The van der Waals surface area contributed by atoms with E-state index in [4.69, 9.17) is 5.73 Å². The molecule has 3 aromatic rings. The van der Waals surface area contributed by atoms with Gasteiger partial charge in [-0.1, -0.05) is 18.2 Å². The minimum Gasteiger partial charge on any atom is -0.319 e. The standard InChI is InChI=1S/C14H15N3S/c1-2-17-12(7-8-16-17)14(15)11-9-18-13-6-4-3-5-10(11)13/h3-9,14H,2,15H2,1H3. The molecular weight excluding hydrogens is 242 g/mol. The van der Waals surface area contributed by atoms with Crippen LogP contribution in [0.4, 0.5) is 0 Å². The van der Waals surface area contributed by atoms with Crippen molar-refractivity contribution in [2.45, 2.75) is 19.5 Å². The molecule has 0 aliphatic rings. The van der Waals surface area contributed by atoms with Gasteiger partial charge in [0.15, 0.2) is 0 Å². The van der Waals surface area contributed by atoms with E-state index < -0.39 is 0 Å². The predicted octanol–water partition coefficient (Wildman–Crippen LogP) is 3.17. The van der Waals surface area contributed by atoms with E-state index in [9.17, 15) is 0 Å². The Hall–Kier alpha value is -1.65. The Bertz CT molecular complexity index is 668. The number of thiophene rings is 1. The summed E-state index contributed by atoms with van der Waals surface area (Å²) in [5, 5.41) is 7.69. The van der Waals surface area contributed by atoms with E-state index >= 15 is 0 Å². The van der Waals surface area contributed by atoms with Gasteiger partial charge in [0.05, 0.1) is 11.7 Å². The van der Waals surface area contributed by atoms with E-state index in [0.29, 0.717) is 0 Å². The second-order valence-corrected chi connectivity index (χ2v) is 5.15. The van der Waals surface area contributed by atoms with Gasteiger partial charge in [-0.15, -0.1) is 11.3 Å². The molecule has 0 saturated heterocycles. The molecule has 0 fully saturated rings. The molecule has 0 radical (unpaired) electrons. The molecule has 3 nitrogen and oxygen atoms in total. The largest absolute Gasteiger partial charge is 0.319 e. The number of hydrogen-bond donors (Lipinski definition) is 1. The number of aryl methyl sites for hydroxylation is 1.